The van der Waals surface area contributed by atoms with E-state index in [4.69, 9.17) is 31.5 Å². The summed E-state index contributed by atoms with van der Waals surface area (Å²) in [7, 11) is 1.47. The molecule has 2 aromatic rings. The van der Waals surface area contributed by atoms with Gasteiger partial charge in [-0.05, 0) is 48.6 Å². The molecule has 4 N–H and O–H groups in total. The molecule has 0 radical (unpaired) electrons. The third kappa shape index (κ3) is 13.9. The maximum Gasteiger partial charge on any atom is 0.347 e. The Labute approximate surface area is 275 Å². The first kappa shape index (κ1) is 38.0. The number of esters is 2. The molecule has 1 unspecified atom stereocenters. The fourth-order valence-electron chi connectivity index (χ4n) is 4.44. The second kappa shape index (κ2) is 19.4. The van der Waals surface area contributed by atoms with Crippen LogP contribution in [0.1, 0.15) is 58.1 Å². The third-order valence-electron chi connectivity index (χ3n) is 6.86. The van der Waals surface area contributed by atoms with E-state index in [-0.39, 0.29) is 37.5 Å². The van der Waals surface area contributed by atoms with Crippen LogP contribution in [0.3, 0.4) is 0 Å². The number of ether oxygens (including phenoxy) is 3. The number of hydrogen-bond acceptors (Lipinski definition) is 8. The van der Waals surface area contributed by atoms with Gasteiger partial charge in [-0.25, -0.2) is 9.59 Å². The van der Waals surface area contributed by atoms with E-state index in [2.05, 4.69) is 5.32 Å². The van der Waals surface area contributed by atoms with Crippen molar-refractivity contribution >= 4 is 41.5 Å². The van der Waals surface area contributed by atoms with Gasteiger partial charge < -0.3 is 30.4 Å². The van der Waals surface area contributed by atoms with Crippen molar-refractivity contribution in [3.05, 3.63) is 82.9 Å². The summed E-state index contributed by atoms with van der Waals surface area (Å²) in [5.41, 5.74) is 7.28. The van der Waals surface area contributed by atoms with Crippen molar-refractivity contribution in [3.8, 4) is 5.75 Å². The molecule has 2 aromatic carbocycles. The zero-order valence-electron chi connectivity index (χ0n) is 27.0. The van der Waals surface area contributed by atoms with Crippen LogP contribution in [0.4, 0.5) is 0 Å². The van der Waals surface area contributed by atoms with Crippen LogP contribution in [0.15, 0.2) is 66.8 Å². The molecule has 1 amide bonds. The summed E-state index contributed by atoms with van der Waals surface area (Å²) >= 11 is 6.16. The average Bonchev–Trinajstić information content (AvgIpc) is 2.98. The van der Waals surface area contributed by atoms with Crippen LogP contribution in [0, 0.1) is 11.8 Å². The van der Waals surface area contributed by atoms with E-state index in [0.717, 1.165) is 5.56 Å². The number of carboxylic acid groups (broad SMARTS) is 1. The lowest BCUT2D eigenvalue weighted by atomic mass is 9.99. The van der Waals surface area contributed by atoms with Crippen molar-refractivity contribution < 1.29 is 38.5 Å². The second-order valence-corrected chi connectivity index (χ2v) is 12.0. The first-order valence-corrected chi connectivity index (χ1v) is 15.6. The van der Waals surface area contributed by atoms with Crippen LogP contribution in [0.2, 0.25) is 5.02 Å². The summed E-state index contributed by atoms with van der Waals surface area (Å²) in [4.78, 5) is 50.3. The monoisotopic (exact) mass is 656 g/mol. The van der Waals surface area contributed by atoms with Crippen molar-refractivity contribution in [2.45, 2.75) is 77.7 Å². The van der Waals surface area contributed by atoms with Gasteiger partial charge >= 0.3 is 17.9 Å². The van der Waals surface area contributed by atoms with E-state index in [0.29, 0.717) is 16.3 Å². The van der Waals surface area contributed by atoms with Gasteiger partial charge in [-0.15, -0.1) is 0 Å². The van der Waals surface area contributed by atoms with Gasteiger partial charge in [0.05, 0.1) is 18.6 Å². The normalized spacial score (nSPS) is 14.8. The number of hydrogen-bond donors (Lipinski definition) is 3. The molecule has 10 nitrogen and oxygen atoms in total. The summed E-state index contributed by atoms with van der Waals surface area (Å²) in [6.45, 7) is 7.34. The predicted octanol–water partition coefficient (Wildman–Crippen LogP) is 5.36. The number of benzene rings is 2. The average molecular weight is 657 g/mol. The number of amides is 1. The molecule has 5 atom stereocenters. The highest BCUT2D eigenvalue weighted by Crippen LogP contribution is 2.25. The molecule has 0 saturated carbocycles. The van der Waals surface area contributed by atoms with Gasteiger partial charge in [0.25, 0.3) is 0 Å². The Morgan fingerprint density at radius 2 is 1.72 bits per heavy atom. The molecule has 0 bridgehead atoms. The summed E-state index contributed by atoms with van der Waals surface area (Å²) in [5, 5.41) is 12.5. The van der Waals surface area contributed by atoms with Gasteiger partial charge in [0.2, 0.25) is 5.91 Å². The first-order valence-electron chi connectivity index (χ1n) is 15.2. The Bertz CT molecular complexity index is 1360. The maximum atomic E-state index is 13.3. The molecule has 0 heterocycles. The molecule has 250 valence electrons. The SMILES string of the molecule is COc1ccc(C[C@@H](NC(=O)/C=C/C[C@H](OC(=O)C(CC(C)C)OC(=O)C[C@@H](C)N)[C@H](C)/C=C/c2ccccc2)C(=O)O)cc1Cl. The summed E-state index contributed by atoms with van der Waals surface area (Å²) < 4.78 is 16.5. The fourth-order valence-corrected chi connectivity index (χ4v) is 4.72. The van der Waals surface area contributed by atoms with Crippen LogP contribution in [0.25, 0.3) is 6.08 Å². The Morgan fingerprint density at radius 1 is 1.02 bits per heavy atom. The van der Waals surface area contributed by atoms with Crippen LogP contribution < -0.4 is 15.8 Å². The molecule has 11 heteroatoms. The highest BCUT2D eigenvalue weighted by atomic mass is 35.5. The number of nitrogens with one attached hydrogen (secondary N) is 1. The molecular weight excluding hydrogens is 612 g/mol. The standard InChI is InChI=1S/C35H45ClN2O8/c1-22(2)18-31(45-33(40)19-24(4)37)35(43)46-29(23(3)14-15-25-10-7-6-8-11-25)12-9-13-32(39)38-28(34(41)42)21-26-16-17-30(44-5)27(36)20-26/h6-11,13-17,20,22-24,28-29,31H,12,18-19,21,37H2,1-5H3,(H,38,39)(H,41,42)/b13-9+,15-14+/t23-,24-,28-,29+,31?/m1/s1. The number of carbonyl (C=O) groups is 4. The number of carboxylic acids is 1. The van der Waals surface area contributed by atoms with E-state index >= 15 is 0 Å². The number of rotatable bonds is 18. The minimum atomic E-state index is -1.22. The third-order valence-corrected chi connectivity index (χ3v) is 7.16. The van der Waals surface area contributed by atoms with E-state index in [9.17, 15) is 24.3 Å². The zero-order valence-corrected chi connectivity index (χ0v) is 27.7. The lowest BCUT2D eigenvalue weighted by Gasteiger charge is -2.25. The molecule has 46 heavy (non-hydrogen) atoms. The Morgan fingerprint density at radius 3 is 2.30 bits per heavy atom. The lowest BCUT2D eigenvalue weighted by molar-refractivity contribution is -0.173. The number of methoxy groups -OCH3 is 1. The molecule has 0 saturated heterocycles. The van der Waals surface area contributed by atoms with Gasteiger partial charge in [0.1, 0.15) is 17.9 Å². The number of aliphatic carboxylic acids is 1. The molecule has 0 spiro atoms. The van der Waals surface area contributed by atoms with Gasteiger partial charge in [0.15, 0.2) is 6.10 Å². The van der Waals surface area contributed by atoms with Crippen molar-refractivity contribution in [2.24, 2.45) is 17.6 Å². The van der Waals surface area contributed by atoms with Gasteiger partial charge in [-0.1, -0.05) is 87.0 Å². The van der Waals surface area contributed by atoms with Crippen LogP contribution in [-0.2, 0) is 35.1 Å². The van der Waals surface area contributed by atoms with Crippen LogP contribution >= 0.6 is 11.6 Å². The highest BCUT2D eigenvalue weighted by molar-refractivity contribution is 6.32. The van der Waals surface area contributed by atoms with E-state index in [1.54, 1.807) is 25.1 Å². The Kier molecular flexibility index (Phi) is 16.0. The molecule has 0 fully saturated rings. The quantitative estimate of drug-likeness (QED) is 0.142. The van der Waals surface area contributed by atoms with E-state index in [1.165, 1.54) is 19.3 Å². The van der Waals surface area contributed by atoms with Gasteiger partial charge in [-0.3, -0.25) is 9.59 Å². The fraction of sp³-hybridized carbons (Fsp3) is 0.429. The van der Waals surface area contributed by atoms with Gasteiger partial charge in [-0.2, -0.15) is 0 Å². The summed E-state index contributed by atoms with van der Waals surface area (Å²) in [5.74, 6) is -2.95. The van der Waals surface area contributed by atoms with Crippen LogP contribution in [-0.4, -0.2) is 60.3 Å². The lowest BCUT2D eigenvalue weighted by Crippen LogP contribution is -2.41. The molecule has 0 aliphatic heterocycles. The topological polar surface area (TPSA) is 154 Å². The molecule has 0 aromatic heterocycles. The van der Waals surface area contributed by atoms with Crippen molar-refractivity contribution in [2.75, 3.05) is 7.11 Å². The Balaban J connectivity index is 2.19. The summed E-state index contributed by atoms with van der Waals surface area (Å²) in [6.07, 6.45) is 5.03. The highest BCUT2D eigenvalue weighted by Gasteiger charge is 2.30. The minimum absolute atomic E-state index is 0.000918. The minimum Gasteiger partial charge on any atom is -0.495 e. The Hall–Kier alpha value is -4.15. The molecule has 0 aliphatic rings. The smallest absolute Gasteiger partial charge is 0.347 e. The largest absolute Gasteiger partial charge is 0.495 e. The molecule has 0 aliphatic carbocycles. The zero-order chi connectivity index (χ0) is 34.2. The molecule has 2 rings (SSSR count). The van der Waals surface area contributed by atoms with E-state index < -0.39 is 48.1 Å². The first-order chi connectivity index (χ1) is 21.8. The molecular formula is C35H45ClN2O8. The number of carbonyl (C=O) groups excluding carboxylic acids is 3. The van der Waals surface area contributed by atoms with Crippen molar-refractivity contribution in [3.63, 3.8) is 0 Å². The van der Waals surface area contributed by atoms with Crippen molar-refractivity contribution in [1.29, 1.82) is 0 Å². The van der Waals surface area contributed by atoms with Gasteiger partial charge in [0, 0.05) is 24.8 Å². The number of nitrogens with two attached hydrogens (primary N) is 1. The second-order valence-electron chi connectivity index (χ2n) is 11.6. The van der Waals surface area contributed by atoms with E-state index in [1.807, 2.05) is 63.3 Å². The van der Waals surface area contributed by atoms with Crippen molar-refractivity contribution in [1.82, 2.24) is 5.32 Å². The number of halogens is 1. The maximum absolute atomic E-state index is 13.3. The predicted molar refractivity (Wildman–Crippen MR) is 177 cm³/mol. The van der Waals surface area contributed by atoms with Crippen LogP contribution in [0.5, 0.6) is 5.75 Å². The summed E-state index contributed by atoms with van der Waals surface area (Å²) in [6, 6.07) is 12.8.